The summed E-state index contributed by atoms with van der Waals surface area (Å²) in [6.07, 6.45) is 13.9. The lowest BCUT2D eigenvalue weighted by Crippen LogP contribution is -2.11. The van der Waals surface area contributed by atoms with Crippen molar-refractivity contribution in [2.75, 3.05) is 39.6 Å². The van der Waals surface area contributed by atoms with Gasteiger partial charge in [0.15, 0.2) is 0 Å². The Kier molecular flexibility index (Phi) is 23.6. The highest BCUT2D eigenvalue weighted by atomic mass is 16.5. The van der Waals surface area contributed by atoms with Crippen LogP contribution >= 0.6 is 0 Å². The zero-order valence-electron chi connectivity index (χ0n) is 45.9. The minimum absolute atomic E-state index is 0.278. The van der Waals surface area contributed by atoms with Crippen LogP contribution in [-0.2, 0) is 9.47 Å². The number of carbonyl (C=O) groups is 2. The van der Waals surface area contributed by atoms with E-state index in [4.69, 9.17) is 28.4 Å². The topological polar surface area (TPSA) is 114 Å². The van der Waals surface area contributed by atoms with E-state index in [2.05, 4.69) is 37.7 Å². The van der Waals surface area contributed by atoms with Crippen molar-refractivity contribution in [1.82, 2.24) is 0 Å². The lowest BCUT2D eigenvalue weighted by molar-refractivity contribution is 0.0438. The van der Waals surface area contributed by atoms with Crippen LogP contribution in [0, 0.1) is 11.8 Å². The Morgan fingerprint density at radius 1 is 0.372 bits per heavy atom. The van der Waals surface area contributed by atoms with Gasteiger partial charge in [0.05, 0.1) is 62.1 Å². The van der Waals surface area contributed by atoms with Gasteiger partial charge in [-0.2, -0.15) is 0 Å². The molecule has 2 atom stereocenters. The maximum Gasteiger partial charge on any atom is 0.338 e. The van der Waals surface area contributed by atoms with Crippen LogP contribution in [0.1, 0.15) is 124 Å². The van der Waals surface area contributed by atoms with Crippen molar-refractivity contribution < 1.29 is 38.0 Å². The highest BCUT2D eigenvalue weighted by Crippen LogP contribution is 2.26. The number of hydrogen-bond donors (Lipinski definition) is 0. The first-order chi connectivity index (χ1) is 38.2. The SMILES string of the molecule is CCC(C)COC(=O)c1ccc(-c2ccc(OCCCCCCOc3ccc(C=Nc4ccc(N=Cc5ccc(OCCCCCCOc6ccc(-c7ccc(C(=O)OCC(C)CC)cc7)cc6)cc5)cc4)cc3)cc2)cc1. The molecule has 0 saturated heterocycles. The van der Waals surface area contributed by atoms with Crippen LogP contribution in [0.15, 0.2) is 180 Å². The summed E-state index contributed by atoms with van der Waals surface area (Å²) in [5, 5.41) is 0. The second-order valence-electron chi connectivity index (χ2n) is 19.8. The molecular formula is C68H76N2O8. The van der Waals surface area contributed by atoms with E-state index in [1.807, 2.05) is 182 Å². The predicted octanol–water partition coefficient (Wildman–Crippen LogP) is 17.0. The van der Waals surface area contributed by atoms with Gasteiger partial charge in [0.25, 0.3) is 0 Å². The minimum Gasteiger partial charge on any atom is -0.494 e. The molecule has 10 nitrogen and oxygen atoms in total. The van der Waals surface area contributed by atoms with Gasteiger partial charge in [0.2, 0.25) is 0 Å². The van der Waals surface area contributed by atoms with Crippen molar-refractivity contribution >= 4 is 35.7 Å². The Morgan fingerprint density at radius 2 is 0.641 bits per heavy atom. The number of carbonyl (C=O) groups excluding carboxylic acids is 2. The van der Waals surface area contributed by atoms with Gasteiger partial charge in [-0.15, -0.1) is 0 Å². The molecule has 0 N–H and O–H groups in total. The third kappa shape index (κ3) is 19.9. The summed E-state index contributed by atoms with van der Waals surface area (Å²) in [7, 11) is 0. The average Bonchev–Trinajstić information content (AvgIpc) is 3.49. The molecule has 78 heavy (non-hydrogen) atoms. The van der Waals surface area contributed by atoms with E-state index in [1.165, 1.54) is 0 Å². The van der Waals surface area contributed by atoms with Crippen LogP contribution in [0.4, 0.5) is 11.4 Å². The second-order valence-corrected chi connectivity index (χ2v) is 19.8. The first-order valence-corrected chi connectivity index (χ1v) is 27.9. The maximum atomic E-state index is 12.3. The van der Waals surface area contributed by atoms with E-state index in [-0.39, 0.29) is 11.9 Å². The van der Waals surface area contributed by atoms with Crippen molar-refractivity contribution in [1.29, 1.82) is 0 Å². The highest BCUT2D eigenvalue weighted by Gasteiger charge is 2.12. The molecule has 0 aliphatic heterocycles. The molecule has 0 aliphatic carbocycles. The number of nitrogens with zero attached hydrogens (tertiary/aromatic N) is 2. The van der Waals surface area contributed by atoms with Gasteiger partial charge in [-0.1, -0.05) is 89.1 Å². The molecule has 0 amide bonds. The highest BCUT2D eigenvalue weighted by molar-refractivity contribution is 5.91. The van der Waals surface area contributed by atoms with E-state index in [0.717, 1.165) is 132 Å². The van der Waals surface area contributed by atoms with E-state index >= 15 is 0 Å². The summed E-state index contributed by atoms with van der Waals surface area (Å²) in [5.74, 6) is 3.56. The van der Waals surface area contributed by atoms with E-state index in [0.29, 0.717) is 62.6 Å². The average molecular weight is 1050 g/mol. The first-order valence-electron chi connectivity index (χ1n) is 27.9. The molecule has 7 rings (SSSR count). The predicted molar refractivity (Wildman–Crippen MR) is 316 cm³/mol. The van der Waals surface area contributed by atoms with E-state index < -0.39 is 0 Å². The van der Waals surface area contributed by atoms with Gasteiger partial charge in [-0.05, 0) is 218 Å². The van der Waals surface area contributed by atoms with Gasteiger partial charge in [-0.25, -0.2) is 9.59 Å². The zero-order valence-corrected chi connectivity index (χ0v) is 45.9. The fraction of sp³-hybridized carbons (Fsp3) is 0.324. The molecule has 0 heterocycles. The van der Waals surface area contributed by atoms with Crippen LogP contribution < -0.4 is 18.9 Å². The summed E-state index contributed by atoms with van der Waals surface area (Å²) in [4.78, 5) is 34.0. The Hall–Kier alpha value is -7.98. The molecule has 0 spiro atoms. The van der Waals surface area contributed by atoms with Crippen LogP contribution in [0.25, 0.3) is 22.3 Å². The molecule has 0 radical (unpaired) electrons. The third-order valence-corrected chi connectivity index (χ3v) is 13.5. The number of hydrogen-bond acceptors (Lipinski definition) is 10. The van der Waals surface area contributed by atoms with Crippen molar-refractivity contribution in [2.45, 2.75) is 91.9 Å². The van der Waals surface area contributed by atoms with Gasteiger partial charge >= 0.3 is 11.9 Å². The number of unbranched alkanes of at least 4 members (excludes halogenated alkanes) is 6. The monoisotopic (exact) mass is 1050 g/mol. The molecular weight excluding hydrogens is 973 g/mol. The van der Waals surface area contributed by atoms with Crippen LogP contribution in [-0.4, -0.2) is 64.0 Å². The minimum atomic E-state index is -0.278. The maximum absolute atomic E-state index is 12.3. The number of ether oxygens (including phenoxy) is 6. The molecule has 406 valence electrons. The largest absolute Gasteiger partial charge is 0.494 e. The summed E-state index contributed by atoms with van der Waals surface area (Å²) in [6, 6.07) is 55.1. The Morgan fingerprint density at radius 3 is 0.923 bits per heavy atom. The Bertz CT molecular complexity index is 2700. The number of benzene rings is 7. The molecule has 7 aromatic rings. The fourth-order valence-corrected chi connectivity index (χ4v) is 8.02. The standard InChI is InChI=1S/C68H76N2O8/c1-5-51(3)49-77-67(71)59-23-19-55(20-24-59)57-27-39-65(40-28-57)75-45-13-9-7-11-43-73-63-35-15-53(16-36-63)47-69-61-31-33-62(34-32-61)70-48-54-17-37-64(38-18-54)74-44-12-8-10-14-46-76-66-41-29-58(30-42-66)56-21-25-60(26-22-56)68(72)78-50-52(4)6-2/h15-42,47-48,51-52H,5-14,43-46,49-50H2,1-4H3. The molecule has 0 fully saturated rings. The zero-order chi connectivity index (χ0) is 54.6. The first kappa shape index (κ1) is 57.7. The van der Waals surface area contributed by atoms with Gasteiger partial charge in [0, 0.05) is 12.4 Å². The lowest BCUT2D eigenvalue weighted by atomic mass is 10.0. The molecule has 10 heteroatoms. The van der Waals surface area contributed by atoms with Gasteiger partial charge in [-0.3, -0.25) is 9.98 Å². The van der Waals surface area contributed by atoms with Crippen molar-refractivity contribution in [3.8, 4) is 45.3 Å². The van der Waals surface area contributed by atoms with Crippen molar-refractivity contribution in [2.24, 2.45) is 21.8 Å². The summed E-state index contributed by atoms with van der Waals surface area (Å²) in [5.41, 5.74) is 9.05. The van der Waals surface area contributed by atoms with E-state index in [1.54, 1.807) is 0 Å². The van der Waals surface area contributed by atoms with Crippen LogP contribution in [0.3, 0.4) is 0 Å². The Labute approximate surface area is 462 Å². The molecule has 0 aliphatic rings. The van der Waals surface area contributed by atoms with Gasteiger partial charge in [0.1, 0.15) is 23.0 Å². The molecule has 0 aromatic heterocycles. The molecule has 0 saturated carbocycles. The van der Waals surface area contributed by atoms with Crippen LogP contribution in [0.2, 0.25) is 0 Å². The van der Waals surface area contributed by atoms with E-state index in [9.17, 15) is 9.59 Å². The number of esters is 2. The summed E-state index contributed by atoms with van der Waals surface area (Å²) in [6.45, 7) is 11.9. The second kappa shape index (κ2) is 31.9. The third-order valence-electron chi connectivity index (χ3n) is 13.5. The molecule has 7 aromatic carbocycles. The molecule has 2 unspecified atom stereocenters. The van der Waals surface area contributed by atoms with Gasteiger partial charge < -0.3 is 28.4 Å². The number of aliphatic imine (C=N–C) groups is 2. The Balaban J connectivity index is 0.692. The van der Waals surface area contributed by atoms with Crippen molar-refractivity contribution in [3.63, 3.8) is 0 Å². The van der Waals surface area contributed by atoms with Crippen molar-refractivity contribution in [3.05, 3.63) is 192 Å². The lowest BCUT2D eigenvalue weighted by Gasteiger charge is -2.10. The summed E-state index contributed by atoms with van der Waals surface area (Å²) < 4.78 is 34.8. The fourth-order valence-electron chi connectivity index (χ4n) is 8.02. The van der Waals surface area contributed by atoms with Crippen LogP contribution in [0.5, 0.6) is 23.0 Å². The summed E-state index contributed by atoms with van der Waals surface area (Å²) >= 11 is 0. The quantitative estimate of drug-likeness (QED) is 0.0233. The number of rotatable bonds is 32. The normalized spacial score (nSPS) is 12.1. The molecule has 0 bridgehead atoms. The smallest absolute Gasteiger partial charge is 0.338 e.